The number of phosphoric acid groups is 1. The first-order valence-electron chi connectivity index (χ1n) is 27.7. The second-order valence-electron chi connectivity index (χ2n) is 19.6. The van der Waals surface area contributed by atoms with Gasteiger partial charge in [-0.25, -0.2) is 4.57 Å². The molecule has 0 bridgehead atoms. The molecule has 0 rings (SSSR count). The molecule has 2 atom stereocenters. The Kier molecular flexibility index (Phi) is 47.6. The number of ether oxygens (including phenoxy) is 2. The third-order valence-electron chi connectivity index (χ3n) is 11.8. The molecule has 68 heavy (non-hydrogen) atoms. The number of unbranched alkanes of at least 4 members (excludes halogenated alkanes) is 25. The van der Waals surface area contributed by atoms with Gasteiger partial charge in [-0.2, -0.15) is 0 Å². The Morgan fingerprint density at radius 1 is 0.485 bits per heavy atom. The summed E-state index contributed by atoms with van der Waals surface area (Å²) in [7, 11) is 1.42. The Hall–Kier alpha value is -2.55. The van der Waals surface area contributed by atoms with Crippen molar-refractivity contribution in [2.75, 3.05) is 47.5 Å². The number of carbonyl (C=O) groups excluding carboxylic acids is 2. The fourth-order valence-electron chi connectivity index (χ4n) is 7.50. The lowest BCUT2D eigenvalue weighted by molar-refractivity contribution is -0.870. The van der Waals surface area contributed by atoms with Gasteiger partial charge in [0.25, 0.3) is 0 Å². The maximum Gasteiger partial charge on any atom is 0.472 e. The van der Waals surface area contributed by atoms with E-state index in [0.717, 1.165) is 44.9 Å². The molecule has 0 aromatic rings. The summed E-state index contributed by atoms with van der Waals surface area (Å²) in [5, 5.41) is 0. The Balaban J connectivity index is 4.14. The molecule has 10 heteroatoms. The number of rotatable bonds is 50. The van der Waals surface area contributed by atoms with E-state index in [-0.39, 0.29) is 26.1 Å². The van der Waals surface area contributed by atoms with Crippen molar-refractivity contribution < 1.29 is 42.1 Å². The number of quaternary nitrogens is 1. The van der Waals surface area contributed by atoms with Gasteiger partial charge in [0.2, 0.25) is 0 Å². The predicted molar refractivity (Wildman–Crippen MR) is 289 cm³/mol. The minimum atomic E-state index is -4.41. The molecule has 0 aliphatic rings. The molecule has 0 aliphatic heterocycles. The molecule has 0 saturated carbocycles. The summed E-state index contributed by atoms with van der Waals surface area (Å²) < 4.78 is 34.3. The highest BCUT2D eigenvalue weighted by atomic mass is 31.2. The Bertz CT molecular complexity index is 1380. The number of carbonyl (C=O) groups is 2. The van der Waals surface area contributed by atoms with Crippen LogP contribution in [0.2, 0.25) is 0 Å². The van der Waals surface area contributed by atoms with Gasteiger partial charge in [-0.1, -0.05) is 228 Å². The molecule has 2 unspecified atom stereocenters. The fourth-order valence-corrected chi connectivity index (χ4v) is 8.24. The lowest BCUT2D eigenvalue weighted by Gasteiger charge is -2.24. The number of esters is 2. The lowest BCUT2D eigenvalue weighted by atomic mass is 10.0. The van der Waals surface area contributed by atoms with Crippen LogP contribution in [0.5, 0.6) is 0 Å². The highest BCUT2D eigenvalue weighted by molar-refractivity contribution is 7.47. The van der Waals surface area contributed by atoms with E-state index >= 15 is 0 Å². The third kappa shape index (κ3) is 52.8. The average molecular weight is 975 g/mol. The molecule has 0 fully saturated rings. The zero-order valence-corrected chi connectivity index (χ0v) is 45.5. The van der Waals surface area contributed by atoms with Crippen LogP contribution in [0.1, 0.15) is 232 Å². The molecule has 0 saturated heterocycles. The molecule has 394 valence electrons. The van der Waals surface area contributed by atoms with Crippen LogP contribution in [-0.4, -0.2) is 74.9 Å². The van der Waals surface area contributed by atoms with Crippen molar-refractivity contribution in [3.05, 3.63) is 72.9 Å². The number of allylic oxidation sites excluding steroid dienone is 11. The van der Waals surface area contributed by atoms with Crippen LogP contribution in [0.15, 0.2) is 72.9 Å². The number of phosphoric ester groups is 1. The van der Waals surface area contributed by atoms with Gasteiger partial charge in [0.05, 0.1) is 34.2 Å². The van der Waals surface area contributed by atoms with Gasteiger partial charge in [-0.15, -0.1) is 0 Å². The van der Waals surface area contributed by atoms with E-state index in [0.29, 0.717) is 17.4 Å². The topological polar surface area (TPSA) is 108 Å². The minimum absolute atomic E-state index is 0.00701. The predicted octanol–water partition coefficient (Wildman–Crippen LogP) is 16.9. The molecule has 0 aromatic heterocycles. The van der Waals surface area contributed by atoms with Crippen molar-refractivity contribution in [2.24, 2.45) is 0 Å². The summed E-state index contributed by atoms with van der Waals surface area (Å²) >= 11 is 0. The van der Waals surface area contributed by atoms with Crippen molar-refractivity contribution in [3.63, 3.8) is 0 Å². The molecular formula is C58H105NO8P+. The molecular weight excluding hydrogens is 870 g/mol. The normalized spacial score (nSPS) is 13.9. The Labute approximate surface area is 418 Å². The maximum absolute atomic E-state index is 12.7. The average Bonchev–Trinajstić information content (AvgIpc) is 3.30. The van der Waals surface area contributed by atoms with Gasteiger partial charge in [0.15, 0.2) is 6.10 Å². The summed E-state index contributed by atoms with van der Waals surface area (Å²) in [5.41, 5.74) is 0. The highest BCUT2D eigenvalue weighted by Gasteiger charge is 2.27. The molecule has 0 spiro atoms. The van der Waals surface area contributed by atoms with E-state index in [9.17, 15) is 19.0 Å². The van der Waals surface area contributed by atoms with Gasteiger partial charge >= 0.3 is 19.8 Å². The molecule has 0 aliphatic carbocycles. The van der Waals surface area contributed by atoms with Gasteiger partial charge < -0.3 is 18.9 Å². The largest absolute Gasteiger partial charge is 0.472 e. The number of likely N-dealkylation sites (N-methyl/N-ethyl adjacent to an activating group) is 1. The molecule has 1 N–H and O–H groups in total. The van der Waals surface area contributed by atoms with Crippen molar-refractivity contribution in [1.29, 1.82) is 0 Å². The third-order valence-corrected chi connectivity index (χ3v) is 12.7. The molecule has 0 heterocycles. The fraction of sp³-hybridized carbons (Fsp3) is 0.759. The maximum atomic E-state index is 12.7. The molecule has 0 aromatic carbocycles. The van der Waals surface area contributed by atoms with Gasteiger partial charge in [-0.3, -0.25) is 18.6 Å². The molecule has 0 amide bonds. The van der Waals surface area contributed by atoms with Crippen LogP contribution in [-0.2, 0) is 32.7 Å². The second-order valence-corrected chi connectivity index (χ2v) is 21.1. The van der Waals surface area contributed by atoms with Crippen LogP contribution >= 0.6 is 7.82 Å². The smallest absolute Gasteiger partial charge is 0.462 e. The first-order valence-corrected chi connectivity index (χ1v) is 29.2. The van der Waals surface area contributed by atoms with E-state index in [2.05, 4.69) is 68.5 Å². The number of nitrogens with zero attached hydrogens (tertiary/aromatic N) is 1. The summed E-state index contributed by atoms with van der Waals surface area (Å²) in [6, 6.07) is 0. The van der Waals surface area contributed by atoms with Crippen LogP contribution in [0.4, 0.5) is 0 Å². The standard InChI is InChI=1S/C58H104NO8P/c1-6-8-10-12-14-16-18-20-22-23-24-25-26-27-28-29-30-31-32-33-34-35-37-38-40-42-44-46-48-50-57(60)64-54-56(55-66-68(62,63)65-53-52-59(3,4)5)67-58(61)51-49-47-45-43-41-39-36-21-19-17-15-13-11-9-7-2/h9,11,15,17,21,23-24,36,41,43,47,49,56H,6-8,10,12-14,16,18-20,22,25-35,37-40,42,44-46,48,50-55H2,1-5H3/p+1/b11-9-,17-15-,24-23-,36-21-,43-41-,49-47-. The van der Waals surface area contributed by atoms with Crippen LogP contribution in [0.3, 0.4) is 0 Å². The van der Waals surface area contributed by atoms with Crippen molar-refractivity contribution >= 4 is 19.8 Å². The van der Waals surface area contributed by atoms with E-state index < -0.39 is 32.5 Å². The lowest BCUT2D eigenvalue weighted by Crippen LogP contribution is -2.37. The summed E-state index contributed by atoms with van der Waals surface area (Å²) in [6.45, 7) is 4.21. The van der Waals surface area contributed by atoms with Crippen molar-refractivity contribution in [1.82, 2.24) is 0 Å². The molecule has 9 nitrogen and oxygen atoms in total. The van der Waals surface area contributed by atoms with E-state index in [1.165, 1.54) is 154 Å². The Morgan fingerprint density at radius 2 is 0.882 bits per heavy atom. The summed E-state index contributed by atoms with van der Waals surface area (Å²) in [4.78, 5) is 35.5. The van der Waals surface area contributed by atoms with Gasteiger partial charge in [-0.05, 0) is 64.2 Å². The number of hydrogen-bond donors (Lipinski definition) is 1. The van der Waals surface area contributed by atoms with Crippen LogP contribution in [0, 0.1) is 0 Å². The van der Waals surface area contributed by atoms with Crippen molar-refractivity contribution in [2.45, 2.75) is 238 Å². The quantitative estimate of drug-likeness (QED) is 0.0211. The minimum Gasteiger partial charge on any atom is -0.462 e. The van der Waals surface area contributed by atoms with Gasteiger partial charge in [0.1, 0.15) is 19.8 Å². The zero-order chi connectivity index (χ0) is 49.9. The van der Waals surface area contributed by atoms with E-state index in [1.54, 1.807) is 6.08 Å². The van der Waals surface area contributed by atoms with Crippen LogP contribution < -0.4 is 0 Å². The van der Waals surface area contributed by atoms with Gasteiger partial charge in [0, 0.05) is 6.42 Å². The van der Waals surface area contributed by atoms with Crippen LogP contribution in [0.25, 0.3) is 0 Å². The Morgan fingerprint density at radius 3 is 1.31 bits per heavy atom. The van der Waals surface area contributed by atoms with Crippen molar-refractivity contribution in [3.8, 4) is 0 Å². The monoisotopic (exact) mass is 975 g/mol. The number of hydrogen-bond acceptors (Lipinski definition) is 7. The van der Waals surface area contributed by atoms with E-state index in [1.807, 2.05) is 33.3 Å². The zero-order valence-electron chi connectivity index (χ0n) is 44.6. The summed E-state index contributed by atoms with van der Waals surface area (Å²) in [6.07, 6.45) is 64.5. The van der Waals surface area contributed by atoms with E-state index in [4.69, 9.17) is 18.5 Å². The first-order chi connectivity index (χ1) is 33.0. The SMILES string of the molecule is CC/C=C\C/C=C\C/C=C\C/C=C\C/C=C\CC(=O)OC(COC(=O)CCCCCCCCCCCCCCCCCCC/C=C\CCCCCCCCCC)COP(=O)(O)OCC[N+](C)(C)C. The summed E-state index contributed by atoms with van der Waals surface area (Å²) in [5.74, 6) is -0.943. The molecule has 0 radical (unpaired) electrons. The first kappa shape index (κ1) is 65.5. The second kappa shape index (κ2) is 49.4. The highest BCUT2D eigenvalue weighted by Crippen LogP contribution is 2.43.